The molecule has 3 saturated heterocycles. The van der Waals surface area contributed by atoms with Gasteiger partial charge in [0, 0.05) is 17.1 Å². The molecule has 8 heteroatoms. The van der Waals surface area contributed by atoms with Gasteiger partial charge in [0.2, 0.25) is 0 Å². The Labute approximate surface area is 191 Å². The largest absolute Gasteiger partial charge is 0.498 e. The highest BCUT2D eigenvalue weighted by Crippen LogP contribution is 2.38. The number of hydrogen-bond donors (Lipinski definition) is 1. The molecule has 0 spiro atoms. The minimum atomic E-state index is -0.561. The fraction of sp³-hybridized carbons (Fsp3) is 0.667. The molecule has 32 heavy (non-hydrogen) atoms. The molecule has 2 bridgehead atoms. The summed E-state index contributed by atoms with van der Waals surface area (Å²) in [5, 5.41) is 12.5. The van der Waals surface area contributed by atoms with Crippen molar-refractivity contribution in [3.05, 3.63) is 23.8 Å². The summed E-state index contributed by atoms with van der Waals surface area (Å²) >= 11 is 0. The monoisotopic (exact) mass is 439 g/mol. The molecule has 4 rings (SSSR count). The van der Waals surface area contributed by atoms with Crippen LogP contribution in [0.4, 0.5) is 0 Å². The van der Waals surface area contributed by atoms with Crippen LogP contribution in [0, 0.1) is 17.4 Å². The summed E-state index contributed by atoms with van der Waals surface area (Å²) in [4.78, 5) is 14.9. The van der Waals surface area contributed by atoms with Crippen LogP contribution in [0.5, 0.6) is 5.75 Å². The average Bonchev–Trinajstić information content (AvgIpc) is 3.33. The number of nitrogens with zero attached hydrogens (tertiary/aromatic N) is 2. The molecule has 1 aromatic carbocycles. The van der Waals surface area contributed by atoms with E-state index in [1.807, 2.05) is 38.7 Å². The Morgan fingerprint density at radius 2 is 1.97 bits per heavy atom. The van der Waals surface area contributed by atoms with Gasteiger partial charge in [0.1, 0.15) is 5.75 Å². The van der Waals surface area contributed by atoms with Crippen LogP contribution in [0.25, 0.3) is 0 Å². The number of amides is 1. The lowest BCUT2D eigenvalue weighted by atomic mass is 9.78. The number of rotatable bonds is 6. The predicted octanol–water partition coefficient (Wildman–Crippen LogP) is 2.84. The molecule has 1 aromatic rings. The lowest BCUT2D eigenvalue weighted by Gasteiger charge is -2.32. The molecule has 0 aromatic heterocycles. The number of carbonyl (C=O) groups is 1. The number of nitrogens with one attached hydrogen (secondary N) is 1. The third-order valence-electron chi connectivity index (χ3n) is 7.32. The van der Waals surface area contributed by atoms with E-state index in [4.69, 9.17) is 14.0 Å². The molecular formula is C24H34BN3O4. The van der Waals surface area contributed by atoms with Gasteiger partial charge in [0.25, 0.3) is 5.91 Å². The van der Waals surface area contributed by atoms with Gasteiger partial charge in [-0.25, -0.2) is 0 Å². The Kier molecular flexibility index (Phi) is 5.93. The second-order valence-electron chi connectivity index (χ2n) is 10.7. The first-order valence-corrected chi connectivity index (χ1v) is 11.6. The van der Waals surface area contributed by atoms with Gasteiger partial charge in [-0.1, -0.05) is 19.9 Å². The summed E-state index contributed by atoms with van der Waals surface area (Å²) in [6.45, 7) is 12.8. The highest BCUT2D eigenvalue weighted by Gasteiger charge is 2.52. The Hall–Kier alpha value is -2.24. The van der Waals surface area contributed by atoms with E-state index >= 15 is 0 Å². The lowest BCUT2D eigenvalue weighted by Crippen LogP contribution is -2.43. The van der Waals surface area contributed by atoms with E-state index in [1.54, 1.807) is 12.1 Å². The summed E-state index contributed by atoms with van der Waals surface area (Å²) in [5.74, 6) is 0.802. The van der Waals surface area contributed by atoms with Crippen LogP contribution in [0.2, 0.25) is 0 Å². The second-order valence-corrected chi connectivity index (χ2v) is 10.7. The van der Waals surface area contributed by atoms with Gasteiger partial charge in [0.05, 0.1) is 29.9 Å². The summed E-state index contributed by atoms with van der Waals surface area (Å²) in [6.07, 6.45) is 5.10. The molecule has 0 unspecified atom stereocenters. The van der Waals surface area contributed by atoms with Crippen LogP contribution in [0.15, 0.2) is 18.2 Å². The van der Waals surface area contributed by atoms with Crippen LogP contribution >= 0.6 is 0 Å². The Morgan fingerprint density at radius 3 is 2.56 bits per heavy atom. The molecular weight excluding hydrogens is 405 g/mol. The van der Waals surface area contributed by atoms with Gasteiger partial charge in [-0.05, 0) is 65.0 Å². The number of benzene rings is 1. The SMILES string of the molecule is CC(C)COc1cc(C(=O)N[C@@H]2C[C@@H]3CC[C@H]2N3C#N)ccc1B1OC(C)(C)C(C)(C)O1. The van der Waals surface area contributed by atoms with Crippen LogP contribution in [-0.4, -0.2) is 53.9 Å². The molecule has 3 fully saturated rings. The van der Waals surface area contributed by atoms with Gasteiger partial charge >= 0.3 is 7.12 Å². The molecule has 3 heterocycles. The molecule has 0 aliphatic carbocycles. The zero-order valence-electron chi connectivity index (χ0n) is 20.0. The minimum absolute atomic E-state index is 0.00343. The topological polar surface area (TPSA) is 83.8 Å². The first-order valence-electron chi connectivity index (χ1n) is 11.6. The van der Waals surface area contributed by atoms with Gasteiger partial charge < -0.3 is 24.3 Å². The van der Waals surface area contributed by atoms with E-state index in [0.717, 1.165) is 24.7 Å². The van der Waals surface area contributed by atoms with Crippen molar-refractivity contribution in [2.24, 2.45) is 5.92 Å². The second kappa shape index (κ2) is 8.28. The summed E-state index contributed by atoms with van der Waals surface area (Å²) in [7, 11) is -0.561. The van der Waals surface area contributed by atoms with Crippen molar-refractivity contribution in [2.75, 3.05) is 6.61 Å². The molecule has 7 nitrogen and oxygen atoms in total. The van der Waals surface area contributed by atoms with Crippen LogP contribution in [0.1, 0.15) is 71.2 Å². The highest BCUT2D eigenvalue weighted by atomic mass is 16.7. The lowest BCUT2D eigenvalue weighted by molar-refractivity contribution is 0.00578. The number of ether oxygens (including phenoxy) is 1. The maximum atomic E-state index is 13.1. The number of nitriles is 1. The first kappa shape index (κ1) is 22.9. The van der Waals surface area contributed by atoms with Crippen molar-refractivity contribution >= 4 is 18.5 Å². The van der Waals surface area contributed by atoms with Crippen molar-refractivity contribution in [3.8, 4) is 11.9 Å². The third-order valence-corrected chi connectivity index (χ3v) is 7.32. The summed E-state index contributed by atoms with van der Waals surface area (Å²) < 4.78 is 18.5. The molecule has 1 amide bonds. The molecule has 0 radical (unpaired) electrons. The van der Waals surface area contributed by atoms with Gasteiger partial charge in [-0.3, -0.25) is 4.79 Å². The van der Waals surface area contributed by atoms with Crippen LogP contribution in [0.3, 0.4) is 0 Å². The van der Waals surface area contributed by atoms with Crippen molar-refractivity contribution in [3.63, 3.8) is 0 Å². The number of hydrogen-bond acceptors (Lipinski definition) is 6. The van der Waals surface area contributed by atoms with Gasteiger partial charge in [-0.15, -0.1) is 0 Å². The number of fused-ring (bicyclic) bond motifs is 2. The van der Waals surface area contributed by atoms with Crippen molar-refractivity contribution in [2.45, 2.75) is 90.1 Å². The van der Waals surface area contributed by atoms with Crippen molar-refractivity contribution < 1.29 is 18.8 Å². The maximum Gasteiger partial charge on any atom is 0.498 e. The van der Waals surface area contributed by atoms with E-state index in [-0.39, 0.29) is 24.0 Å². The van der Waals surface area contributed by atoms with Crippen LogP contribution < -0.4 is 15.5 Å². The van der Waals surface area contributed by atoms with Crippen molar-refractivity contribution in [1.29, 1.82) is 5.26 Å². The quantitative estimate of drug-likeness (QED) is 0.542. The molecule has 1 N–H and O–H groups in total. The fourth-order valence-corrected chi connectivity index (χ4v) is 4.77. The molecule has 0 saturated carbocycles. The van der Waals surface area contributed by atoms with E-state index in [2.05, 4.69) is 25.4 Å². The normalized spacial score (nSPS) is 27.6. The Morgan fingerprint density at radius 1 is 1.28 bits per heavy atom. The van der Waals surface area contributed by atoms with E-state index in [0.29, 0.717) is 23.8 Å². The highest BCUT2D eigenvalue weighted by molar-refractivity contribution is 6.63. The van der Waals surface area contributed by atoms with Crippen LogP contribution in [-0.2, 0) is 9.31 Å². The Bertz CT molecular complexity index is 910. The average molecular weight is 439 g/mol. The fourth-order valence-electron chi connectivity index (χ4n) is 4.77. The zero-order chi connectivity index (χ0) is 23.3. The minimum Gasteiger partial charge on any atom is -0.494 e. The Balaban J connectivity index is 1.54. The zero-order valence-corrected chi connectivity index (χ0v) is 20.0. The van der Waals surface area contributed by atoms with E-state index in [1.165, 1.54) is 0 Å². The maximum absolute atomic E-state index is 13.1. The predicted molar refractivity (Wildman–Crippen MR) is 123 cm³/mol. The first-order chi connectivity index (χ1) is 15.0. The van der Waals surface area contributed by atoms with Gasteiger partial charge in [0.15, 0.2) is 6.19 Å². The smallest absolute Gasteiger partial charge is 0.494 e. The standard InChI is InChI=1S/C24H34BN3O4/c1-15(2)13-30-21-11-16(7-9-18(21)25-31-23(3,4)24(5,6)32-25)22(29)27-19-12-17-8-10-20(19)28(17)14-26/h7,9,11,15,17,19-20H,8,10,12-13H2,1-6H3,(H,27,29)/t17-,19+,20+/m0/s1. The summed E-state index contributed by atoms with van der Waals surface area (Å²) in [6, 6.07) is 5.82. The van der Waals surface area contributed by atoms with E-state index < -0.39 is 18.3 Å². The van der Waals surface area contributed by atoms with E-state index in [9.17, 15) is 10.1 Å². The van der Waals surface area contributed by atoms with Gasteiger partial charge in [-0.2, -0.15) is 5.26 Å². The van der Waals surface area contributed by atoms with Crippen molar-refractivity contribution in [1.82, 2.24) is 10.2 Å². The molecule has 3 aliphatic heterocycles. The molecule has 3 atom stereocenters. The molecule has 172 valence electrons. The molecule has 3 aliphatic rings. The number of carbonyl (C=O) groups excluding carboxylic acids is 1. The third kappa shape index (κ3) is 4.09. The summed E-state index contributed by atoms with van der Waals surface area (Å²) in [5.41, 5.74) is 0.404.